The van der Waals surface area contributed by atoms with Gasteiger partial charge in [0.2, 0.25) is 5.90 Å². The molecule has 0 N–H and O–H groups in total. The number of cyclic esters (lactones) is 1. The summed E-state index contributed by atoms with van der Waals surface area (Å²) in [5, 5.41) is 10.9. The van der Waals surface area contributed by atoms with Gasteiger partial charge >= 0.3 is 5.97 Å². The Morgan fingerprint density at radius 1 is 1.07 bits per heavy atom. The van der Waals surface area contributed by atoms with Crippen LogP contribution in [0.25, 0.3) is 17.4 Å². The van der Waals surface area contributed by atoms with Crippen molar-refractivity contribution in [2.75, 3.05) is 0 Å². The third-order valence-corrected chi connectivity index (χ3v) is 4.66. The van der Waals surface area contributed by atoms with Crippen LogP contribution < -0.4 is 0 Å². The summed E-state index contributed by atoms with van der Waals surface area (Å²) in [4.78, 5) is 26.8. The van der Waals surface area contributed by atoms with Gasteiger partial charge in [-0.2, -0.15) is 0 Å². The number of nitro benzene ring substituents is 1. The number of hydrogen-bond donors (Lipinski definition) is 0. The monoisotopic (exact) mass is 438 g/mol. The molecule has 0 fully saturated rings. The summed E-state index contributed by atoms with van der Waals surface area (Å²) in [6.45, 7) is 0. The molecule has 28 heavy (non-hydrogen) atoms. The number of benzene rings is 2. The van der Waals surface area contributed by atoms with Crippen molar-refractivity contribution in [2.45, 2.75) is 0 Å². The Bertz CT molecular complexity index is 1160. The van der Waals surface area contributed by atoms with E-state index in [1.54, 1.807) is 30.3 Å². The standard InChI is InChI=1S/C20H11BrN2O5/c21-16-7-2-1-6-15(16)19-22-17(20(24)28-19)11-14-8-9-18(27-14)12-4-3-5-13(10-12)23(25)26/h1-11H/b17-11-. The predicted molar refractivity (Wildman–Crippen MR) is 106 cm³/mol. The van der Waals surface area contributed by atoms with E-state index >= 15 is 0 Å². The maximum atomic E-state index is 12.1. The van der Waals surface area contributed by atoms with Crippen LogP contribution in [0.2, 0.25) is 0 Å². The summed E-state index contributed by atoms with van der Waals surface area (Å²) in [5.74, 6) is 0.441. The van der Waals surface area contributed by atoms with Crippen molar-refractivity contribution in [1.82, 2.24) is 0 Å². The van der Waals surface area contributed by atoms with E-state index in [4.69, 9.17) is 9.15 Å². The molecule has 0 saturated heterocycles. The fraction of sp³-hybridized carbons (Fsp3) is 0. The smallest absolute Gasteiger partial charge is 0.363 e. The Morgan fingerprint density at radius 3 is 2.68 bits per heavy atom. The highest BCUT2D eigenvalue weighted by Gasteiger charge is 2.25. The molecule has 1 aliphatic heterocycles. The summed E-state index contributed by atoms with van der Waals surface area (Å²) in [6.07, 6.45) is 1.47. The number of carbonyl (C=O) groups is 1. The highest BCUT2D eigenvalue weighted by molar-refractivity contribution is 9.10. The molecule has 3 aromatic rings. The van der Waals surface area contributed by atoms with Gasteiger partial charge in [-0.3, -0.25) is 10.1 Å². The van der Waals surface area contributed by atoms with Crippen LogP contribution in [0.15, 0.2) is 80.2 Å². The lowest BCUT2D eigenvalue weighted by molar-refractivity contribution is -0.384. The summed E-state index contributed by atoms with van der Waals surface area (Å²) >= 11 is 3.40. The van der Waals surface area contributed by atoms with Gasteiger partial charge in [0.15, 0.2) is 5.70 Å². The average Bonchev–Trinajstić information content (AvgIpc) is 3.30. The molecule has 0 atom stereocenters. The van der Waals surface area contributed by atoms with Crippen LogP contribution in [0, 0.1) is 10.1 Å². The van der Waals surface area contributed by atoms with Gasteiger partial charge in [0.05, 0.1) is 10.5 Å². The molecule has 0 saturated carbocycles. The van der Waals surface area contributed by atoms with Gasteiger partial charge in [-0.05, 0) is 40.2 Å². The molecular weight excluding hydrogens is 428 g/mol. The number of aliphatic imine (C=N–C) groups is 1. The van der Waals surface area contributed by atoms with Crippen LogP contribution in [0.5, 0.6) is 0 Å². The number of halogens is 1. The predicted octanol–water partition coefficient (Wildman–Crippen LogP) is 4.96. The Kier molecular flexibility index (Phi) is 4.62. The Morgan fingerprint density at radius 2 is 1.89 bits per heavy atom. The second-order valence-corrected chi connectivity index (χ2v) is 6.68. The van der Waals surface area contributed by atoms with E-state index in [1.807, 2.05) is 18.2 Å². The zero-order chi connectivity index (χ0) is 19.7. The number of nitro groups is 1. The molecule has 4 rings (SSSR count). The van der Waals surface area contributed by atoms with Gasteiger partial charge < -0.3 is 9.15 Å². The molecule has 2 aromatic carbocycles. The van der Waals surface area contributed by atoms with Crippen LogP contribution in [0.4, 0.5) is 5.69 Å². The zero-order valence-electron chi connectivity index (χ0n) is 14.2. The van der Waals surface area contributed by atoms with E-state index in [1.165, 1.54) is 18.2 Å². The maximum absolute atomic E-state index is 12.1. The largest absolute Gasteiger partial charge is 0.457 e. The molecule has 7 nitrogen and oxygen atoms in total. The lowest BCUT2D eigenvalue weighted by Gasteiger charge is -2.01. The van der Waals surface area contributed by atoms with Crippen molar-refractivity contribution in [3.8, 4) is 11.3 Å². The fourth-order valence-corrected chi connectivity index (χ4v) is 3.11. The van der Waals surface area contributed by atoms with Gasteiger partial charge in [-0.15, -0.1) is 0 Å². The third-order valence-electron chi connectivity index (χ3n) is 3.97. The van der Waals surface area contributed by atoms with Crippen molar-refractivity contribution >= 4 is 39.6 Å². The zero-order valence-corrected chi connectivity index (χ0v) is 15.8. The highest BCUT2D eigenvalue weighted by Crippen LogP contribution is 2.28. The van der Waals surface area contributed by atoms with Crippen molar-refractivity contribution in [2.24, 2.45) is 4.99 Å². The fourth-order valence-electron chi connectivity index (χ4n) is 2.65. The summed E-state index contributed by atoms with van der Waals surface area (Å²) in [6, 6.07) is 16.7. The molecule has 138 valence electrons. The number of hydrogen-bond acceptors (Lipinski definition) is 6. The van der Waals surface area contributed by atoms with E-state index < -0.39 is 10.9 Å². The third kappa shape index (κ3) is 3.49. The van der Waals surface area contributed by atoms with E-state index in [-0.39, 0.29) is 17.3 Å². The Balaban J connectivity index is 1.64. The lowest BCUT2D eigenvalue weighted by Crippen LogP contribution is -2.05. The number of non-ortho nitro benzene ring substituents is 1. The Labute approximate surface area is 167 Å². The second-order valence-electron chi connectivity index (χ2n) is 5.83. The van der Waals surface area contributed by atoms with Crippen molar-refractivity contribution in [3.63, 3.8) is 0 Å². The van der Waals surface area contributed by atoms with Crippen LogP contribution >= 0.6 is 15.9 Å². The Hall–Kier alpha value is -3.52. The van der Waals surface area contributed by atoms with Crippen LogP contribution in [0.1, 0.15) is 11.3 Å². The first-order chi connectivity index (χ1) is 13.5. The molecule has 0 unspecified atom stereocenters. The second kappa shape index (κ2) is 7.24. The van der Waals surface area contributed by atoms with Gasteiger partial charge in [0.25, 0.3) is 5.69 Å². The minimum Gasteiger partial charge on any atom is -0.457 e. The minimum atomic E-state index is -0.584. The topological polar surface area (TPSA) is 94.9 Å². The highest BCUT2D eigenvalue weighted by atomic mass is 79.9. The summed E-state index contributed by atoms with van der Waals surface area (Å²) in [7, 11) is 0. The number of carbonyl (C=O) groups excluding carboxylic acids is 1. The quantitative estimate of drug-likeness (QED) is 0.248. The molecule has 0 amide bonds. The first-order valence-electron chi connectivity index (χ1n) is 8.13. The molecule has 2 heterocycles. The molecule has 0 bridgehead atoms. The van der Waals surface area contributed by atoms with Crippen LogP contribution in [-0.4, -0.2) is 16.8 Å². The van der Waals surface area contributed by atoms with Crippen molar-refractivity contribution in [3.05, 3.63) is 92.3 Å². The molecule has 1 aliphatic rings. The van der Waals surface area contributed by atoms with Gasteiger partial charge in [-0.1, -0.05) is 24.3 Å². The number of ether oxygens (including phenoxy) is 1. The average molecular weight is 439 g/mol. The first-order valence-corrected chi connectivity index (χ1v) is 8.93. The van der Waals surface area contributed by atoms with E-state index in [9.17, 15) is 14.9 Å². The minimum absolute atomic E-state index is 0.0316. The van der Waals surface area contributed by atoms with E-state index in [0.717, 1.165) is 4.47 Å². The number of rotatable bonds is 4. The molecule has 0 radical (unpaired) electrons. The number of esters is 1. The van der Waals surface area contributed by atoms with Gasteiger partial charge in [0.1, 0.15) is 11.5 Å². The first kappa shape index (κ1) is 17.9. The maximum Gasteiger partial charge on any atom is 0.363 e. The van der Waals surface area contributed by atoms with Crippen molar-refractivity contribution in [1.29, 1.82) is 0 Å². The van der Waals surface area contributed by atoms with Gasteiger partial charge in [-0.25, -0.2) is 9.79 Å². The van der Waals surface area contributed by atoms with Crippen molar-refractivity contribution < 1.29 is 18.9 Å². The number of furan rings is 1. The lowest BCUT2D eigenvalue weighted by atomic mass is 10.1. The molecule has 8 heteroatoms. The molecule has 0 aliphatic carbocycles. The molecule has 0 spiro atoms. The summed E-state index contributed by atoms with van der Waals surface area (Å²) in [5.41, 5.74) is 1.29. The van der Waals surface area contributed by atoms with Gasteiger partial charge in [0, 0.05) is 28.2 Å². The number of nitrogens with zero attached hydrogens (tertiary/aromatic N) is 2. The van der Waals surface area contributed by atoms with E-state index in [0.29, 0.717) is 22.6 Å². The molecule has 1 aromatic heterocycles. The molecular formula is C20H11BrN2O5. The van der Waals surface area contributed by atoms with Crippen LogP contribution in [-0.2, 0) is 9.53 Å². The SMILES string of the molecule is O=C1OC(c2ccccc2Br)=N/C1=C\c1ccc(-c2cccc([N+](=O)[O-])c2)o1. The summed E-state index contributed by atoms with van der Waals surface area (Å²) < 4.78 is 11.7. The normalized spacial score (nSPS) is 14.8. The van der Waals surface area contributed by atoms with E-state index in [2.05, 4.69) is 20.9 Å². The van der Waals surface area contributed by atoms with Crippen LogP contribution in [0.3, 0.4) is 0 Å².